The van der Waals surface area contributed by atoms with Gasteiger partial charge in [-0.05, 0) is 49.7 Å². The third-order valence-electron chi connectivity index (χ3n) is 3.49. The van der Waals surface area contributed by atoms with Crippen molar-refractivity contribution in [2.45, 2.75) is 24.0 Å². The number of halogens is 1. The molecule has 0 bridgehead atoms. The number of thioether (sulfide) groups is 1. The summed E-state index contributed by atoms with van der Waals surface area (Å²) in [6, 6.07) is 11.0. The van der Waals surface area contributed by atoms with E-state index in [4.69, 9.17) is 21.1 Å². The van der Waals surface area contributed by atoms with Gasteiger partial charge in [0.05, 0.1) is 19.5 Å². The van der Waals surface area contributed by atoms with Crippen molar-refractivity contribution in [1.29, 1.82) is 0 Å². The second kappa shape index (κ2) is 8.31. The fraction of sp³-hybridized carbons (Fsp3) is 0.278. The highest BCUT2D eigenvalue weighted by Crippen LogP contribution is 2.34. The third-order valence-corrected chi connectivity index (χ3v) is 4.82. The van der Waals surface area contributed by atoms with Crippen LogP contribution < -0.4 is 14.8 Å². The normalized spacial score (nSPS) is 11.7. The van der Waals surface area contributed by atoms with E-state index in [1.165, 1.54) is 11.8 Å². The number of benzene rings is 2. The van der Waals surface area contributed by atoms with Gasteiger partial charge in [-0.1, -0.05) is 17.7 Å². The number of aryl methyl sites for hydroxylation is 1. The summed E-state index contributed by atoms with van der Waals surface area (Å²) in [5.41, 5.74) is 1.70. The largest absolute Gasteiger partial charge is 0.493 e. The summed E-state index contributed by atoms with van der Waals surface area (Å²) in [4.78, 5) is 13.4. The molecule has 0 radical (unpaired) electrons. The van der Waals surface area contributed by atoms with Gasteiger partial charge in [0.2, 0.25) is 5.91 Å². The Kier molecular flexibility index (Phi) is 6.40. The van der Waals surface area contributed by atoms with Crippen LogP contribution in [0.1, 0.15) is 12.5 Å². The Balaban J connectivity index is 2.07. The minimum atomic E-state index is -0.276. The molecule has 0 aliphatic heterocycles. The van der Waals surface area contributed by atoms with Crippen molar-refractivity contribution in [2.24, 2.45) is 0 Å². The quantitative estimate of drug-likeness (QED) is 0.748. The minimum absolute atomic E-state index is 0.0832. The van der Waals surface area contributed by atoms with Crippen LogP contribution in [0, 0.1) is 6.92 Å². The second-order valence-electron chi connectivity index (χ2n) is 5.23. The Hall–Kier alpha value is -1.85. The van der Waals surface area contributed by atoms with E-state index >= 15 is 0 Å². The zero-order chi connectivity index (χ0) is 17.7. The predicted molar refractivity (Wildman–Crippen MR) is 99.7 cm³/mol. The van der Waals surface area contributed by atoms with Gasteiger partial charge < -0.3 is 14.8 Å². The second-order valence-corrected chi connectivity index (χ2v) is 7.08. The first-order valence-corrected chi connectivity index (χ1v) is 8.66. The molecule has 1 amide bonds. The molecule has 2 aromatic rings. The molecule has 2 aromatic carbocycles. The van der Waals surface area contributed by atoms with Gasteiger partial charge in [-0.3, -0.25) is 4.79 Å². The third kappa shape index (κ3) is 4.58. The number of rotatable bonds is 6. The predicted octanol–water partition coefficient (Wildman–Crippen LogP) is 4.78. The van der Waals surface area contributed by atoms with Gasteiger partial charge in [-0.25, -0.2) is 0 Å². The Morgan fingerprint density at radius 1 is 1.12 bits per heavy atom. The van der Waals surface area contributed by atoms with Crippen LogP contribution >= 0.6 is 23.4 Å². The van der Waals surface area contributed by atoms with Gasteiger partial charge in [-0.15, -0.1) is 11.8 Å². The lowest BCUT2D eigenvalue weighted by atomic mass is 10.2. The van der Waals surface area contributed by atoms with Crippen LogP contribution in [0.4, 0.5) is 5.69 Å². The standard InChI is InChI=1S/C18H20ClNO3S/c1-11-5-6-13(19)9-15(11)20-18(21)12(2)24-14-7-8-16(22-3)17(10-14)23-4/h5-10,12H,1-4H3,(H,20,21)/t12-/m0/s1. The molecule has 0 heterocycles. The van der Waals surface area contributed by atoms with Crippen LogP contribution in [0.15, 0.2) is 41.3 Å². The maximum Gasteiger partial charge on any atom is 0.237 e. The number of methoxy groups -OCH3 is 2. The summed E-state index contributed by atoms with van der Waals surface area (Å²) in [7, 11) is 3.18. The highest BCUT2D eigenvalue weighted by molar-refractivity contribution is 8.00. The summed E-state index contributed by atoms with van der Waals surface area (Å²) in [6.45, 7) is 3.79. The first-order valence-electron chi connectivity index (χ1n) is 7.40. The van der Waals surface area contributed by atoms with Crippen molar-refractivity contribution >= 4 is 35.0 Å². The van der Waals surface area contributed by atoms with Gasteiger partial charge in [0, 0.05) is 15.6 Å². The lowest BCUT2D eigenvalue weighted by Gasteiger charge is -2.15. The molecule has 1 N–H and O–H groups in total. The number of ether oxygens (including phenoxy) is 2. The highest BCUT2D eigenvalue weighted by Gasteiger charge is 2.16. The summed E-state index contributed by atoms with van der Waals surface area (Å²) in [5, 5.41) is 3.24. The topological polar surface area (TPSA) is 47.6 Å². The van der Waals surface area contributed by atoms with E-state index in [-0.39, 0.29) is 11.2 Å². The van der Waals surface area contributed by atoms with Gasteiger partial charge in [-0.2, -0.15) is 0 Å². The minimum Gasteiger partial charge on any atom is -0.493 e. The van der Waals surface area contributed by atoms with Crippen LogP contribution in [-0.2, 0) is 4.79 Å². The molecule has 1 atom stereocenters. The van der Waals surface area contributed by atoms with E-state index in [9.17, 15) is 4.79 Å². The molecule has 0 aliphatic rings. The average Bonchev–Trinajstić information content (AvgIpc) is 2.57. The molecule has 0 aliphatic carbocycles. The summed E-state index contributed by atoms with van der Waals surface area (Å²) in [5.74, 6) is 1.22. The molecule has 0 saturated heterocycles. The zero-order valence-corrected chi connectivity index (χ0v) is 15.6. The van der Waals surface area contributed by atoms with Crippen molar-refractivity contribution in [3.63, 3.8) is 0 Å². The summed E-state index contributed by atoms with van der Waals surface area (Å²) < 4.78 is 10.5. The first kappa shape index (κ1) is 18.5. The molecule has 0 aromatic heterocycles. The van der Waals surface area contributed by atoms with Crippen LogP contribution in [0.2, 0.25) is 5.02 Å². The maximum atomic E-state index is 12.4. The Morgan fingerprint density at radius 2 is 1.83 bits per heavy atom. The Labute approximate surface area is 151 Å². The molecule has 6 heteroatoms. The molecule has 2 rings (SSSR count). The fourth-order valence-electron chi connectivity index (χ4n) is 2.11. The van der Waals surface area contributed by atoms with Crippen molar-refractivity contribution in [1.82, 2.24) is 0 Å². The monoisotopic (exact) mass is 365 g/mol. The van der Waals surface area contributed by atoms with Crippen molar-refractivity contribution in [3.8, 4) is 11.5 Å². The molecule has 0 saturated carbocycles. The highest BCUT2D eigenvalue weighted by atomic mass is 35.5. The van der Waals surface area contributed by atoms with Crippen LogP contribution in [0.3, 0.4) is 0 Å². The smallest absolute Gasteiger partial charge is 0.237 e. The fourth-order valence-corrected chi connectivity index (χ4v) is 3.18. The number of carbonyl (C=O) groups is 1. The van der Waals surface area contributed by atoms with E-state index in [2.05, 4.69) is 5.32 Å². The van der Waals surface area contributed by atoms with E-state index < -0.39 is 0 Å². The average molecular weight is 366 g/mol. The van der Waals surface area contributed by atoms with E-state index in [0.29, 0.717) is 16.5 Å². The molecule has 0 unspecified atom stereocenters. The van der Waals surface area contributed by atoms with E-state index in [0.717, 1.165) is 16.1 Å². The van der Waals surface area contributed by atoms with E-state index in [1.807, 2.05) is 38.1 Å². The van der Waals surface area contributed by atoms with Crippen molar-refractivity contribution < 1.29 is 14.3 Å². The van der Waals surface area contributed by atoms with Gasteiger partial charge >= 0.3 is 0 Å². The number of nitrogens with one attached hydrogen (secondary N) is 1. The van der Waals surface area contributed by atoms with Crippen molar-refractivity contribution in [2.75, 3.05) is 19.5 Å². The first-order chi connectivity index (χ1) is 11.4. The summed E-state index contributed by atoms with van der Waals surface area (Å²) in [6.07, 6.45) is 0. The number of amides is 1. The van der Waals surface area contributed by atoms with Crippen molar-refractivity contribution in [3.05, 3.63) is 47.0 Å². The molecular weight excluding hydrogens is 346 g/mol. The Morgan fingerprint density at radius 3 is 2.50 bits per heavy atom. The van der Waals surface area contributed by atoms with Gasteiger partial charge in [0.25, 0.3) is 0 Å². The van der Waals surface area contributed by atoms with Crippen LogP contribution in [0.25, 0.3) is 0 Å². The van der Waals surface area contributed by atoms with Gasteiger partial charge in [0.15, 0.2) is 11.5 Å². The molecule has 128 valence electrons. The maximum absolute atomic E-state index is 12.4. The van der Waals surface area contributed by atoms with Crippen LogP contribution in [0.5, 0.6) is 11.5 Å². The zero-order valence-electron chi connectivity index (χ0n) is 14.1. The number of hydrogen-bond acceptors (Lipinski definition) is 4. The molecule has 0 spiro atoms. The lowest BCUT2D eigenvalue weighted by Crippen LogP contribution is -2.22. The number of anilines is 1. The summed E-state index contributed by atoms with van der Waals surface area (Å²) >= 11 is 7.44. The Bertz CT molecular complexity index is 736. The lowest BCUT2D eigenvalue weighted by molar-refractivity contribution is -0.115. The SMILES string of the molecule is COc1ccc(S[C@@H](C)C(=O)Nc2cc(Cl)ccc2C)cc1OC. The molecule has 4 nitrogen and oxygen atoms in total. The molecule has 0 fully saturated rings. The molecule has 24 heavy (non-hydrogen) atoms. The molecular formula is C18H20ClNO3S. The number of carbonyl (C=O) groups excluding carboxylic acids is 1. The van der Waals surface area contributed by atoms with Crippen LogP contribution in [-0.4, -0.2) is 25.4 Å². The van der Waals surface area contributed by atoms with E-state index in [1.54, 1.807) is 26.4 Å². The van der Waals surface area contributed by atoms with Gasteiger partial charge in [0.1, 0.15) is 0 Å². The number of hydrogen-bond donors (Lipinski definition) is 1.